The maximum absolute atomic E-state index is 5.78. The zero-order chi connectivity index (χ0) is 9.42. The highest BCUT2D eigenvalue weighted by molar-refractivity contribution is 6.33. The molecule has 0 aliphatic heterocycles. The standard InChI is InChI=1S/C7H8Cl2N4/c8-6-2-5(7(9)13-12-6)11-4-1-3(4)10/h2-4H,1,10H2,(H,11,12). The van der Waals surface area contributed by atoms with Crippen LogP contribution < -0.4 is 11.1 Å². The molecule has 1 aliphatic carbocycles. The third-order valence-corrected chi connectivity index (χ3v) is 2.36. The topological polar surface area (TPSA) is 63.8 Å². The first kappa shape index (κ1) is 8.99. The SMILES string of the molecule is NC1CC1Nc1cc(Cl)nnc1Cl. The number of rotatable bonds is 2. The Hall–Kier alpha value is -0.580. The number of anilines is 1. The predicted molar refractivity (Wildman–Crippen MR) is 52.1 cm³/mol. The van der Waals surface area contributed by atoms with Gasteiger partial charge in [0.15, 0.2) is 10.3 Å². The van der Waals surface area contributed by atoms with E-state index in [4.69, 9.17) is 28.9 Å². The Labute approximate surface area is 85.4 Å². The number of nitrogens with one attached hydrogen (secondary N) is 1. The lowest BCUT2D eigenvalue weighted by Crippen LogP contribution is -2.13. The molecule has 70 valence electrons. The minimum atomic E-state index is 0.211. The van der Waals surface area contributed by atoms with Gasteiger partial charge in [0.2, 0.25) is 0 Å². The van der Waals surface area contributed by atoms with Crippen molar-refractivity contribution in [3.8, 4) is 0 Å². The van der Waals surface area contributed by atoms with Gasteiger partial charge in [-0.1, -0.05) is 23.2 Å². The van der Waals surface area contributed by atoms with E-state index in [1.54, 1.807) is 6.07 Å². The molecule has 0 amide bonds. The van der Waals surface area contributed by atoms with Gasteiger partial charge in [-0.2, -0.15) is 0 Å². The molecule has 1 aromatic rings. The molecule has 0 bridgehead atoms. The molecule has 0 spiro atoms. The minimum absolute atomic E-state index is 0.211. The van der Waals surface area contributed by atoms with E-state index >= 15 is 0 Å². The summed E-state index contributed by atoms with van der Waals surface area (Å²) in [5.74, 6) is 0. The van der Waals surface area contributed by atoms with Gasteiger partial charge in [0.05, 0.1) is 5.69 Å². The van der Waals surface area contributed by atoms with Crippen molar-refractivity contribution >= 4 is 28.9 Å². The molecule has 3 N–H and O–H groups in total. The van der Waals surface area contributed by atoms with Crippen LogP contribution in [0.5, 0.6) is 0 Å². The van der Waals surface area contributed by atoms with E-state index in [1.165, 1.54) is 0 Å². The summed E-state index contributed by atoms with van der Waals surface area (Å²) in [5, 5.41) is 11.0. The monoisotopic (exact) mass is 218 g/mol. The summed E-state index contributed by atoms with van der Waals surface area (Å²) in [6, 6.07) is 2.14. The molecule has 0 aromatic carbocycles. The van der Waals surface area contributed by atoms with E-state index in [0.29, 0.717) is 16.0 Å². The molecule has 13 heavy (non-hydrogen) atoms. The fraction of sp³-hybridized carbons (Fsp3) is 0.429. The Bertz CT molecular complexity index is 330. The lowest BCUT2D eigenvalue weighted by atomic mass is 10.4. The van der Waals surface area contributed by atoms with E-state index < -0.39 is 0 Å². The average Bonchev–Trinajstić information content (AvgIpc) is 2.75. The van der Waals surface area contributed by atoms with Crippen LogP contribution in [-0.2, 0) is 0 Å². The lowest BCUT2D eigenvalue weighted by molar-refractivity contribution is 0.987. The van der Waals surface area contributed by atoms with Gasteiger partial charge < -0.3 is 11.1 Å². The summed E-state index contributed by atoms with van der Waals surface area (Å²) in [7, 11) is 0. The second-order valence-corrected chi connectivity index (χ2v) is 3.77. The van der Waals surface area contributed by atoms with E-state index in [2.05, 4.69) is 15.5 Å². The number of hydrogen-bond donors (Lipinski definition) is 2. The molecule has 4 nitrogen and oxygen atoms in total. The minimum Gasteiger partial charge on any atom is -0.378 e. The van der Waals surface area contributed by atoms with Crippen molar-refractivity contribution in [2.24, 2.45) is 5.73 Å². The second kappa shape index (κ2) is 3.29. The summed E-state index contributed by atoms with van der Waals surface area (Å²) in [4.78, 5) is 0. The molecule has 6 heteroatoms. The van der Waals surface area contributed by atoms with Crippen LogP contribution in [0.15, 0.2) is 6.07 Å². The van der Waals surface area contributed by atoms with E-state index in [-0.39, 0.29) is 12.1 Å². The van der Waals surface area contributed by atoms with E-state index in [0.717, 1.165) is 6.42 Å². The molecule has 0 radical (unpaired) electrons. The molecular formula is C7H8Cl2N4. The van der Waals surface area contributed by atoms with Crippen molar-refractivity contribution in [1.29, 1.82) is 0 Å². The van der Waals surface area contributed by atoms with E-state index in [9.17, 15) is 0 Å². The first-order valence-corrected chi connectivity index (χ1v) is 4.63. The Kier molecular flexibility index (Phi) is 2.27. The fourth-order valence-corrected chi connectivity index (χ4v) is 1.33. The van der Waals surface area contributed by atoms with Crippen LogP contribution in [0, 0.1) is 0 Å². The highest BCUT2D eigenvalue weighted by atomic mass is 35.5. The molecular weight excluding hydrogens is 211 g/mol. The summed E-state index contributed by atoms with van der Waals surface area (Å²) < 4.78 is 0. The number of nitrogens with two attached hydrogens (primary N) is 1. The molecule has 1 aromatic heterocycles. The Morgan fingerprint density at radius 1 is 1.46 bits per heavy atom. The lowest BCUT2D eigenvalue weighted by Gasteiger charge is -2.05. The number of halogens is 2. The molecule has 0 saturated heterocycles. The number of hydrogen-bond acceptors (Lipinski definition) is 4. The predicted octanol–water partition coefficient (Wildman–Crippen LogP) is 1.29. The highest BCUT2D eigenvalue weighted by Gasteiger charge is 2.33. The maximum atomic E-state index is 5.78. The van der Waals surface area contributed by atoms with Gasteiger partial charge in [-0.3, -0.25) is 0 Å². The summed E-state index contributed by atoms with van der Waals surface area (Å²) in [5.41, 5.74) is 6.32. The molecule has 1 heterocycles. The van der Waals surface area contributed by atoms with Crippen LogP contribution in [0.3, 0.4) is 0 Å². The van der Waals surface area contributed by atoms with Gasteiger partial charge in [0.25, 0.3) is 0 Å². The van der Waals surface area contributed by atoms with Gasteiger partial charge in [-0.15, -0.1) is 10.2 Å². The molecule has 1 fully saturated rings. The fourth-order valence-electron chi connectivity index (χ4n) is 1.03. The first-order chi connectivity index (χ1) is 6.16. The zero-order valence-corrected chi connectivity index (χ0v) is 8.18. The molecule has 2 unspecified atom stereocenters. The summed E-state index contributed by atoms with van der Waals surface area (Å²) in [6.07, 6.45) is 0.955. The number of nitrogens with zero attached hydrogens (tertiary/aromatic N) is 2. The largest absolute Gasteiger partial charge is 0.378 e. The highest BCUT2D eigenvalue weighted by Crippen LogP contribution is 2.28. The van der Waals surface area contributed by atoms with Gasteiger partial charge >= 0.3 is 0 Å². The van der Waals surface area contributed by atoms with Crippen LogP contribution in [-0.4, -0.2) is 22.3 Å². The third-order valence-electron chi connectivity index (χ3n) is 1.90. The van der Waals surface area contributed by atoms with Gasteiger partial charge in [0.1, 0.15) is 0 Å². The molecule has 2 atom stereocenters. The van der Waals surface area contributed by atoms with Gasteiger partial charge in [-0.25, -0.2) is 0 Å². The Balaban J connectivity index is 2.14. The number of aromatic nitrogens is 2. The van der Waals surface area contributed by atoms with Crippen LogP contribution >= 0.6 is 23.2 Å². The smallest absolute Gasteiger partial charge is 0.174 e. The van der Waals surface area contributed by atoms with Gasteiger partial charge in [0, 0.05) is 18.2 Å². The summed E-state index contributed by atoms with van der Waals surface area (Å²) in [6.45, 7) is 0. The summed E-state index contributed by atoms with van der Waals surface area (Å²) >= 11 is 11.4. The zero-order valence-electron chi connectivity index (χ0n) is 6.67. The molecule has 1 aliphatic rings. The van der Waals surface area contributed by atoms with Crippen LogP contribution in [0.1, 0.15) is 6.42 Å². The quantitative estimate of drug-likeness (QED) is 0.786. The van der Waals surface area contributed by atoms with Gasteiger partial charge in [-0.05, 0) is 6.42 Å². The average molecular weight is 219 g/mol. The van der Waals surface area contributed by atoms with Crippen molar-refractivity contribution in [3.63, 3.8) is 0 Å². The normalized spacial score (nSPS) is 25.8. The second-order valence-electron chi connectivity index (χ2n) is 3.02. The van der Waals surface area contributed by atoms with Crippen molar-refractivity contribution in [2.75, 3.05) is 5.32 Å². The van der Waals surface area contributed by atoms with Crippen molar-refractivity contribution in [1.82, 2.24) is 10.2 Å². The first-order valence-electron chi connectivity index (χ1n) is 3.87. The van der Waals surface area contributed by atoms with Crippen molar-refractivity contribution in [3.05, 3.63) is 16.4 Å². The van der Waals surface area contributed by atoms with Crippen molar-refractivity contribution in [2.45, 2.75) is 18.5 Å². The Morgan fingerprint density at radius 3 is 2.77 bits per heavy atom. The third kappa shape index (κ3) is 2.02. The Morgan fingerprint density at radius 2 is 2.15 bits per heavy atom. The van der Waals surface area contributed by atoms with Crippen molar-refractivity contribution < 1.29 is 0 Å². The van der Waals surface area contributed by atoms with Crippen LogP contribution in [0.25, 0.3) is 0 Å². The van der Waals surface area contributed by atoms with E-state index in [1.807, 2.05) is 0 Å². The van der Waals surface area contributed by atoms with Crippen LogP contribution in [0.4, 0.5) is 5.69 Å². The maximum Gasteiger partial charge on any atom is 0.174 e. The molecule has 2 rings (SSSR count). The van der Waals surface area contributed by atoms with Crippen LogP contribution in [0.2, 0.25) is 10.3 Å². The molecule has 1 saturated carbocycles.